The number of carbonyl (C=O) groups excluding carboxylic acids is 1. The van der Waals surface area contributed by atoms with Crippen LogP contribution in [0.5, 0.6) is 0 Å². The number of benzene rings is 1. The minimum atomic E-state index is -0.0301. The Labute approximate surface area is 130 Å². The topological polar surface area (TPSA) is 63.1 Å². The van der Waals surface area contributed by atoms with Gasteiger partial charge in [-0.2, -0.15) is 0 Å². The van der Waals surface area contributed by atoms with Crippen LogP contribution < -0.4 is 5.32 Å². The molecule has 1 saturated heterocycles. The lowest BCUT2D eigenvalue weighted by molar-refractivity contribution is 0.0781. The minimum Gasteiger partial charge on any atom is -0.337 e. The summed E-state index contributed by atoms with van der Waals surface area (Å²) in [6, 6.07) is 7.96. The molecule has 2 heterocycles. The Morgan fingerprint density at radius 1 is 1.45 bits per heavy atom. The number of aromatic nitrogens is 3. The Balaban J connectivity index is 1.72. The smallest absolute Gasteiger partial charge is 0.276 e. The van der Waals surface area contributed by atoms with Crippen LogP contribution in [-0.4, -0.2) is 52.5 Å². The third-order valence-corrected chi connectivity index (χ3v) is 4.04. The van der Waals surface area contributed by atoms with Crippen molar-refractivity contribution in [3.63, 3.8) is 0 Å². The van der Waals surface area contributed by atoms with Crippen LogP contribution in [0, 0.1) is 12.8 Å². The summed E-state index contributed by atoms with van der Waals surface area (Å²) >= 11 is 0. The molecule has 0 radical (unpaired) electrons. The van der Waals surface area contributed by atoms with Crippen molar-refractivity contribution in [1.82, 2.24) is 25.2 Å². The number of likely N-dealkylation sites (tertiary alicyclic amines) is 1. The monoisotopic (exact) mass is 299 g/mol. The Bertz CT molecular complexity index is 666. The molecule has 1 amide bonds. The van der Waals surface area contributed by atoms with E-state index in [1.165, 1.54) is 0 Å². The second-order valence-corrected chi connectivity index (χ2v) is 5.85. The highest BCUT2D eigenvalue weighted by Gasteiger charge is 2.28. The molecule has 2 aromatic rings. The molecule has 0 bridgehead atoms. The van der Waals surface area contributed by atoms with Crippen molar-refractivity contribution in [2.24, 2.45) is 5.92 Å². The maximum atomic E-state index is 12.5. The van der Waals surface area contributed by atoms with Crippen LogP contribution in [0.2, 0.25) is 0 Å². The summed E-state index contributed by atoms with van der Waals surface area (Å²) in [6.45, 7) is 4.55. The molecule has 0 saturated carbocycles. The predicted molar refractivity (Wildman–Crippen MR) is 84.0 cm³/mol. The third-order valence-electron chi connectivity index (χ3n) is 4.04. The molecule has 1 aliphatic rings. The van der Waals surface area contributed by atoms with Crippen molar-refractivity contribution in [3.8, 4) is 5.69 Å². The highest BCUT2D eigenvalue weighted by Crippen LogP contribution is 2.18. The lowest BCUT2D eigenvalue weighted by Gasteiger charge is -2.14. The number of nitrogens with one attached hydrogen (secondary N) is 1. The first-order valence-electron chi connectivity index (χ1n) is 7.60. The summed E-state index contributed by atoms with van der Waals surface area (Å²) in [4.78, 5) is 14.4. The van der Waals surface area contributed by atoms with Crippen LogP contribution in [0.25, 0.3) is 5.69 Å². The van der Waals surface area contributed by atoms with Gasteiger partial charge in [0.1, 0.15) is 0 Å². The van der Waals surface area contributed by atoms with Gasteiger partial charge in [0.2, 0.25) is 0 Å². The molecule has 116 valence electrons. The van der Waals surface area contributed by atoms with Crippen molar-refractivity contribution in [2.75, 3.05) is 26.7 Å². The van der Waals surface area contributed by atoms with Crippen molar-refractivity contribution in [2.45, 2.75) is 13.3 Å². The zero-order chi connectivity index (χ0) is 15.5. The van der Waals surface area contributed by atoms with Gasteiger partial charge in [-0.15, -0.1) is 5.10 Å². The number of amides is 1. The normalized spacial score (nSPS) is 17.9. The zero-order valence-corrected chi connectivity index (χ0v) is 13.0. The van der Waals surface area contributed by atoms with Crippen LogP contribution in [0.1, 0.15) is 22.5 Å². The Hall–Kier alpha value is -2.21. The first kappa shape index (κ1) is 14.7. The Kier molecular flexibility index (Phi) is 4.20. The minimum absolute atomic E-state index is 0.0301. The van der Waals surface area contributed by atoms with E-state index in [4.69, 9.17) is 0 Å². The van der Waals surface area contributed by atoms with Gasteiger partial charge in [-0.25, -0.2) is 4.68 Å². The van der Waals surface area contributed by atoms with Gasteiger partial charge in [-0.05, 0) is 50.6 Å². The molecule has 1 unspecified atom stereocenters. The van der Waals surface area contributed by atoms with Gasteiger partial charge in [-0.1, -0.05) is 17.3 Å². The highest BCUT2D eigenvalue weighted by molar-refractivity contribution is 5.92. The fourth-order valence-corrected chi connectivity index (χ4v) is 2.89. The number of rotatable bonds is 4. The average molecular weight is 299 g/mol. The molecular weight excluding hydrogens is 278 g/mol. The molecule has 3 rings (SSSR count). The molecule has 6 nitrogen and oxygen atoms in total. The second-order valence-electron chi connectivity index (χ2n) is 5.85. The zero-order valence-electron chi connectivity index (χ0n) is 13.0. The van der Waals surface area contributed by atoms with Gasteiger partial charge < -0.3 is 10.2 Å². The van der Waals surface area contributed by atoms with Crippen LogP contribution in [-0.2, 0) is 0 Å². The van der Waals surface area contributed by atoms with E-state index in [1.807, 2.05) is 43.1 Å². The molecule has 0 aliphatic carbocycles. The SMILES string of the molecule is CNCC1CCN(C(=O)c2cn(-c3cccc(C)c3)nn2)C1. The lowest BCUT2D eigenvalue weighted by atomic mass is 10.1. The molecule has 1 fully saturated rings. The van der Waals surface area contributed by atoms with Gasteiger partial charge in [0.05, 0.1) is 11.9 Å². The first-order chi connectivity index (χ1) is 10.7. The van der Waals surface area contributed by atoms with E-state index in [0.29, 0.717) is 11.6 Å². The summed E-state index contributed by atoms with van der Waals surface area (Å²) in [5, 5.41) is 11.3. The molecule has 1 aromatic heterocycles. The van der Waals surface area contributed by atoms with Crippen LogP contribution in [0.4, 0.5) is 0 Å². The Morgan fingerprint density at radius 2 is 2.32 bits per heavy atom. The van der Waals surface area contributed by atoms with E-state index >= 15 is 0 Å². The van der Waals surface area contributed by atoms with Crippen LogP contribution in [0.15, 0.2) is 30.5 Å². The van der Waals surface area contributed by atoms with Crippen molar-refractivity contribution in [3.05, 3.63) is 41.7 Å². The summed E-state index contributed by atoms with van der Waals surface area (Å²) in [6.07, 6.45) is 2.75. The molecule has 0 spiro atoms. The Morgan fingerprint density at radius 3 is 3.09 bits per heavy atom. The molecule has 1 aliphatic heterocycles. The third kappa shape index (κ3) is 3.01. The fourth-order valence-electron chi connectivity index (χ4n) is 2.89. The molecule has 1 aromatic carbocycles. The first-order valence-corrected chi connectivity index (χ1v) is 7.60. The van der Waals surface area contributed by atoms with E-state index in [1.54, 1.807) is 10.9 Å². The maximum absolute atomic E-state index is 12.5. The predicted octanol–water partition coefficient (Wildman–Crippen LogP) is 1.26. The quantitative estimate of drug-likeness (QED) is 0.923. The van der Waals surface area contributed by atoms with Gasteiger partial charge in [0, 0.05) is 13.1 Å². The number of hydrogen-bond donors (Lipinski definition) is 1. The summed E-state index contributed by atoms with van der Waals surface area (Å²) in [5.74, 6) is 0.498. The number of carbonyl (C=O) groups is 1. The molecular formula is C16H21N5O. The standard InChI is InChI=1S/C16H21N5O/c1-12-4-3-5-14(8-12)21-11-15(18-19-21)16(22)20-7-6-13(10-20)9-17-2/h3-5,8,11,13,17H,6-7,9-10H2,1-2H3. The highest BCUT2D eigenvalue weighted by atomic mass is 16.2. The van der Waals surface area contributed by atoms with E-state index in [-0.39, 0.29) is 5.91 Å². The second kappa shape index (κ2) is 6.27. The molecule has 1 atom stereocenters. The number of hydrogen-bond acceptors (Lipinski definition) is 4. The van der Waals surface area contributed by atoms with Gasteiger partial charge in [-0.3, -0.25) is 4.79 Å². The average Bonchev–Trinajstić information content (AvgIpc) is 3.16. The van der Waals surface area contributed by atoms with Gasteiger partial charge in [0.25, 0.3) is 5.91 Å². The molecule has 22 heavy (non-hydrogen) atoms. The fraction of sp³-hybridized carbons (Fsp3) is 0.438. The molecule has 1 N–H and O–H groups in total. The largest absolute Gasteiger partial charge is 0.337 e. The molecule has 6 heteroatoms. The summed E-state index contributed by atoms with van der Waals surface area (Å²) < 4.78 is 1.65. The maximum Gasteiger partial charge on any atom is 0.276 e. The van der Waals surface area contributed by atoms with E-state index in [2.05, 4.69) is 15.6 Å². The van der Waals surface area contributed by atoms with Crippen molar-refractivity contribution >= 4 is 5.91 Å². The van der Waals surface area contributed by atoms with Crippen molar-refractivity contribution in [1.29, 1.82) is 0 Å². The lowest BCUT2D eigenvalue weighted by Crippen LogP contribution is -2.30. The van der Waals surface area contributed by atoms with Gasteiger partial charge >= 0.3 is 0 Å². The number of aryl methyl sites for hydroxylation is 1. The van der Waals surface area contributed by atoms with E-state index < -0.39 is 0 Å². The van der Waals surface area contributed by atoms with Gasteiger partial charge in [0.15, 0.2) is 5.69 Å². The van der Waals surface area contributed by atoms with E-state index in [0.717, 1.165) is 37.3 Å². The summed E-state index contributed by atoms with van der Waals surface area (Å²) in [5.41, 5.74) is 2.47. The number of nitrogens with zero attached hydrogens (tertiary/aromatic N) is 4. The summed E-state index contributed by atoms with van der Waals surface area (Å²) in [7, 11) is 1.94. The van der Waals surface area contributed by atoms with Crippen LogP contribution in [0.3, 0.4) is 0 Å². The van der Waals surface area contributed by atoms with Crippen LogP contribution >= 0.6 is 0 Å². The van der Waals surface area contributed by atoms with E-state index in [9.17, 15) is 4.79 Å². The van der Waals surface area contributed by atoms with Crippen molar-refractivity contribution < 1.29 is 4.79 Å².